The number of allylic oxidation sites excluding steroid dienone is 3. The van der Waals surface area contributed by atoms with Gasteiger partial charge in [0, 0.05) is 27.9 Å². The van der Waals surface area contributed by atoms with Crippen molar-refractivity contribution in [3.8, 4) is 6.07 Å². The zero-order chi connectivity index (χ0) is 21.6. The van der Waals surface area contributed by atoms with Crippen LogP contribution < -0.4 is 10.6 Å². The Balaban J connectivity index is 2.03. The van der Waals surface area contributed by atoms with Gasteiger partial charge in [0.15, 0.2) is 5.78 Å². The predicted molar refractivity (Wildman–Crippen MR) is 122 cm³/mol. The van der Waals surface area contributed by atoms with Crippen LogP contribution in [0.3, 0.4) is 0 Å². The Hall–Kier alpha value is -2.84. The van der Waals surface area contributed by atoms with Crippen molar-refractivity contribution in [2.75, 3.05) is 4.90 Å². The number of ketones is 1. The van der Waals surface area contributed by atoms with E-state index >= 15 is 0 Å². The summed E-state index contributed by atoms with van der Waals surface area (Å²) in [5, 5.41) is 10.1. The van der Waals surface area contributed by atoms with Crippen LogP contribution in [0, 0.1) is 23.7 Å². The van der Waals surface area contributed by atoms with E-state index in [9.17, 15) is 10.1 Å². The average Bonchev–Trinajstić information content (AvgIpc) is 2.66. The maximum atomic E-state index is 13.5. The molecule has 30 heavy (non-hydrogen) atoms. The minimum Gasteiger partial charge on any atom is -0.384 e. The Morgan fingerprint density at radius 3 is 2.57 bits per heavy atom. The van der Waals surface area contributed by atoms with Crippen LogP contribution in [0.4, 0.5) is 5.69 Å². The van der Waals surface area contributed by atoms with E-state index in [2.05, 4.69) is 35.8 Å². The Labute approximate surface area is 185 Å². The number of hydrogen-bond donors (Lipinski definition) is 1. The van der Waals surface area contributed by atoms with E-state index < -0.39 is 5.92 Å². The van der Waals surface area contributed by atoms with Crippen molar-refractivity contribution < 1.29 is 4.79 Å². The molecular weight excluding hydrogens is 438 g/mol. The second kappa shape index (κ2) is 7.45. The molecule has 4 nitrogen and oxygen atoms in total. The number of carbonyl (C=O) groups is 1. The molecule has 1 unspecified atom stereocenters. The summed E-state index contributed by atoms with van der Waals surface area (Å²) in [6.45, 7) is 6.23. The maximum absolute atomic E-state index is 13.5. The van der Waals surface area contributed by atoms with E-state index in [1.54, 1.807) is 0 Å². The Kier molecular flexibility index (Phi) is 5.07. The quantitative estimate of drug-likeness (QED) is 0.622. The van der Waals surface area contributed by atoms with Crippen molar-refractivity contribution in [3.05, 3.63) is 86.8 Å². The number of nitriles is 1. The van der Waals surface area contributed by atoms with Crippen molar-refractivity contribution in [2.45, 2.75) is 39.5 Å². The summed E-state index contributed by atoms with van der Waals surface area (Å²) in [5.74, 6) is 0.0565. The Bertz CT molecular complexity index is 1150. The molecule has 1 aliphatic carbocycles. The van der Waals surface area contributed by atoms with Crippen molar-refractivity contribution in [2.24, 2.45) is 11.1 Å². The van der Waals surface area contributed by atoms with E-state index in [1.165, 1.54) is 0 Å². The fourth-order valence-corrected chi connectivity index (χ4v) is 5.03. The summed E-state index contributed by atoms with van der Waals surface area (Å²) in [6.07, 6.45) is 1.17. The van der Waals surface area contributed by atoms with Gasteiger partial charge in [0.2, 0.25) is 0 Å². The van der Waals surface area contributed by atoms with Gasteiger partial charge in [0.25, 0.3) is 0 Å². The number of halogens is 1. The van der Waals surface area contributed by atoms with Crippen molar-refractivity contribution >= 4 is 27.4 Å². The third-order valence-corrected chi connectivity index (χ3v) is 6.44. The first-order valence-corrected chi connectivity index (χ1v) is 10.8. The number of Topliss-reactive ketones (excluding diaryl/α,β-unsaturated/α-hetero) is 1. The van der Waals surface area contributed by atoms with Crippen LogP contribution in [0.5, 0.6) is 0 Å². The number of benzene rings is 2. The monoisotopic (exact) mass is 461 g/mol. The molecule has 152 valence electrons. The van der Waals surface area contributed by atoms with Gasteiger partial charge < -0.3 is 5.73 Å². The largest absolute Gasteiger partial charge is 0.384 e. The third-order valence-electron chi connectivity index (χ3n) is 5.95. The number of aryl methyl sites for hydroxylation is 1. The molecule has 2 N–H and O–H groups in total. The highest BCUT2D eigenvalue weighted by Gasteiger charge is 2.44. The molecule has 0 saturated carbocycles. The molecule has 1 atom stereocenters. The van der Waals surface area contributed by atoms with Crippen LogP contribution >= 0.6 is 15.9 Å². The van der Waals surface area contributed by atoms with Gasteiger partial charge >= 0.3 is 0 Å². The molecule has 0 bridgehead atoms. The highest BCUT2D eigenvalue weighted by molar-refractivity contribution is 9.10. The lowest BCUT2D eigenvalue weighted by molar-refractivity contribution is -0.118. The number of carbonyl (C=O) groups excluding carboxylic acids is 1. The SMILES string of the molecule is Cc1ccccc1C1C(C#N)=C(N)N(c2cccc(Br)c2)C2=C1C(=O)CC(C)(C)C2. The van der Waals surface area contributed by atoms with Gasteiger partial charge in [-0.15, -0.1) is 0 Å². The second-order valence-electron chi connectivity index (χ2n) is 8.82. The molecule has 1 heterocycles. The Morgan fingerprint density at radius 1 is 1.17 bits per heavy atom. The summed E-state index contributed by atoms with van der Waals surface area (Å²) in [5.41, 5.74) is 11.4. The second-order valence-corrected chi connectivity index (χ2v) is 9.73. The molecule has 5 heteroatoms. The summed E-state index contributed by atoms with van der Waals surface area (Å²) in [4.78, 5) is 15.4. The van der Waals surface area contributed by atoms with Gasteiger partial charge in [-0.1, -0.05) is 60.1 Å². The molecule has 0 fully saturated rings. The van der Waals surface area contributed by atoms with Gasteiger partial charge in [-0.25, -0.2) is 0 Å². The summed E-state index contributed by atoms with van der Waals surface area (Å²) in [7, 11) is 0. The Morgan fingerprint density at radius 2 is 1.90 bits per heavy atom. The van der Waals surface area contributed by atoms with Gasteiger partial charge in [0.05, 0.1) is 17.6 Å². The molecule has 1 aliphatic heterocycles. The first-order valence-electron chi connectivity index (χ1n) is 10.0. The van der Waals surface area contributed by atoms with Crippen molar-refractivity contribution in [1.82, 2.24) is 0 Å². The van der Waals surface area contributed by atoms with E-state index in [0.717, 1.165) is 27.0 Å². The van der Waals surface area contributed by atoms with Gasteiger partial charge in [-0.3, -0.25) is 9.69 Å². The third kappa shape index (κ3) is 3.36. The van der Waals surface area contributed by atoms with Gasteiger partial charge in [-0.05, 0) is 48.1 Å². The zero-order valence-corrected chi connectivity index (χ0v) is 19.0. The fourth-order valence-electron chi connectivity index (χ4n) is 4.64. The number of nitrogens with zero attached hydrogens (tertiary/aromatic N) is 2. The smallest absolute Gasteiger partial charge is 0.162 e. The molecule has 2 aromatic carbocycles. The summed E-state index contributed by atoms with van der Waals surface area (Å²) >= 11 is 3.53. The minimum atomic E-state index is -0.432. The lowest BCUT2D eigenvalue weighted by Crippen LogP contribution is -2.42. The highest BCUT2D eigenvalue weighted by atomic mass is 79.9. The molecule has 0 saturated heterocycles. The van der Waals surface area contributed by atoms with Crippen LogP contribution in [0.1, 0.15) is 43.7 Å². The van der Waals surface area contributed by atoms with Gasteiger partial charge in [0.1, 0.15) is 5.82 Å². The van der Waals surface area contributed by atoms with Crippen LogP contribution in [0.2, 0.25) is 0 Å². The normalized spacial score (nSPS) is 20.8. The van der Waals surface area contributed by atoms with Crippen LogP contribution in [0.15, 0.2) is 75.7 Å². The number of rotatable bonds is 2. The number of nitrogens with two attached hydrogens (primary N) is 1. The molecule has 0 aromatic heterocycles. The minimum absolute atomic E-state index is 0.0924. The van der Waals surface area contributed by atoms with E-state index in [-0.39, 0.29) is 11.2 Å². The molecule has 2 aromatic rings. The summed E-state index contributed by atoms with van der Waals surface area (Å²) in [6, 6.07) is 18.1. The van der Waals surface area contributed by atoms with Gasteiger partial charge in [-0.2, -0.15) is 5.26 Å². The fraction of sp³-hybridized carbons (Fsp3) is 0.280. The average molecular weight is 462 g/mol. The van der Waals surface area contributed by atoms with Crippen LogP contribution in [-0.2, 0) is 4.79 Å². The molecule has 0 spiro atoms. The first-order chi connectivity index (χ1) is 14.2. The van der Waals surface area contributed by atoms with Crippen LogP contribution in [-0.4, -0.2) is 5.78 Å². The summed E-state index contributed by atoms with van der Waals surface area (Å²) < 4.78 is 0.913. The first kappa shape index (κ1) is 20.4. The molecule has 2 aliphatic rings. The van der Waals surface area contributed by atoms with E-state index in [1.807, 2.05) is 60.4 Å². The molecular formula is C25H24BrN3O. The number of hydrogen-bond acceptors (Lipinski definition) is 4. The van der Waals surface area contributed by atoms with Crippen molar-refractivity contribution in [1.29, 1.82) is 5.26 Å². The lowest BCUT2D eigenvalue weighted by atomic mass is 9.68. The predicted octanol–water partition coefficient (Wildman–Crippen LogP) is 5.70. The van der Waals surface area contributed by atoms with E-state index in [4.69, 9.17) is 5.73 Å². The standard InChI is InChI=1S/C25H24BrN3O/c1-15-7-4-5-10-18(15)22-19(14-27)24(28)29(17-9-6-8-16(26)11-17)20-12-25(2,3)13-21(30)23(20)22/h4-11,22H,12-13,28H2,1-3H3. The van der Waals surface area contributed by atoms with E-state index in [0.29, 0.717) is 29.8 Å². The van der Waals surface area contributed by atoms with Crippen molar-refractivity contribution in [3.63, 3.8) is 0 Å². The maximum Gasteiger partial charge on any atom is 0.162 e. The molecule has 0 amide bonds. The van der Waals surface area contributed by atoms with Crippen LogP contribution in [0.25, 0.3) is 0 Å². The lowest BCUT2D eigenvalue weighted by Gasteiger charge is -2.44. The highest BCUT2D eigenvalue weighted by Crippen LogP contribution is 2.50. The number of anilines is 1. The topological polar surface area (TPSA) is 70.1 Å². The zero-order valence-electron chi connectivity index (χ0n) is 17.4. The molecule has 0 radical (unpaired) electrons. The molecule has 4 rings (SSSR count).